The highest BCUT2D eigenvalue weighted by molar-refractivity contribution is 7.16. The quantitative estimate of drug-likeness (QED) is 0.854. The van der Waals surface area contributed by atoms with Gasteiger partial charge in [0.2, 0.25) is 0 Å². The third-order valence-electron chi connectivity index (χ3n) is 4.53. The molecule has 0 saturated carbocycles. The third kappa shape index (κ3) is 4.32. The van der Waals surface area contributed by atoms with E-state index in [4.69, 9.17) is 4.74 Å². The van der Waals surface area contributed by atoms with Gasteiger partial charge in [0.15, 0.2) is 0 Å². The SMILES string of the molecule is CC(C)(C)OC(=O)N1CC[C@H](F)C[C@H]1C[C@@H](O)c1cccc2scnc12. The second-order valence-corrected chi connectivity index (χ2v) is 8.63. The fraction of sp³-hybridized carbons (Fsp3) is 0.579. The highest BCUT2D eigenvalue weighted by Gasteiger charge is 2.35. The van der Waals surface area contributed by atoms with Gasteiger partial charge in [-0.05, 0) is 46.1 Å². The van der Waals surface area contributed by atoms with E-state index in [1.165, 1.54) is 11.3 Å². The lowest BCUT2D eigenvalue weighted by atomic mass is 9.93. The Bertz CT molecular complexity index is 773. The number of hydrogen-bond acceptors (Lipinski definition) is 5. The lowest BCUT2D eigenvalue weighted by Gasteiger charge is -2.38. The normalized spacial score (nSPS) is 22.4. The number of aliphatic hydroxyl groups is 1. The summed E-state index contributed by atoms with van der Waals surface area (Å²) in [7, 11) is 0. The van der Waals surface area contributed by atoms with E-state index in [-0.39, 0.29) is 12.8 Å². The Morgan fingerprint density at radius 1 is 1.50 bits per heavy atom. The van der Waals surface area contributed by atoms with E-state index in [0.717, 1.165) is 10.2 Å². The number of amides is 1. The van der Waals surface area contributed by atoms with Crippen molar-refractivity contribution in [1.29, 1.82) is 0 Å². The van der Waals surface area contributed by atoms with E-state index in [0.29, 0.717) is 18.5 Å². The zero-order chi connectivity index (χ0) is 18.9. The number of aromatic nitrogens is 1. The average molecular weight is 380 g/mol. The van der Waals surface area contributed by atoms with Crippen molar-refractivity contribution in [2.24, 2.45) is 0 Å². The highest BCUT2D eigenvalue weighted by Crippen LogP contribution is 2.32. The van der Waals surface area contributed by atoms with Crippen molar-refractivity contribution in [3.63, 3.8) is 0 Å². The molecule has 1 amide bonds. The number of rotatable bonds is 3. The number of ether oxygens (including phenoxy) is 1. The fourth-order valence-corrected chi connectivity index (χ4v) is 4.06. The van der Waals surface area contributed by atoms with Crippen LogP contribution < -0.4 is 0 Å². The molecule has 0 bridgehead atoms. The molecule has 1 N–H and O–H groups in total. The van der Waals surface area contributed by atoms with Crippen LogP contribution in [0.2, 0.25) is 0 Å². The van der Waals surface area contributed by atoms with Crippen LogP contribution in [0.15, 0.2) is 23.7 Å². The van der Waals surface area contributed by atoms with Crippen LogP contribution in [0, 0.1) is 0 Å². The largest absolute Gasteiger partial charge is 0.444 e. The van der Waals surface area contributed by atoms with Gasteiger partial charge in [0.25, 0.3) is 0 Å². The fourth-order valence-electron chi connectivity index (χ4n) is 3.35. The van der Waals surface area contributed by atoms with Crippen molar-refractivity contribution < 1.29 is 19.0 Å². The summed E-state index contributed by atoms with van der Waals surface area (Å²) in [4.78, 5) is 18.4. The van der Waals surface area contributed by atoms with Gasteiger partial charge in [-0.25, -0.2) is 14.2 Å². The minimum Gasteiger partial charge on any atom is -0.444 e. The van der Waals surface area contributed by atoms with Gasteiger partial charge in [-0.2, -0.15) is 0 Å². The summed E-state index contributed by atoms with van der Waals surface area (Å²) in [6, 6.07) is 5.26. The Balaban J connectivity index is 1.78. The van der Waals surface area contributed by atoms with E-state index in [1.807, 2.05) is 18.2 Å². The van der Waals surface area contributed by atoms with Gasteiger partial charge in [-0.15, -0.1) is 11.3 Å². The first-order chi connectivity index (χ1) is 12.2. The van der Waals surface area contributed by atoms with Crippen molar-refractivity contribution in [1.82, 2.24) is 9.88 Å². The number of halogens is 1. The van der Waals surface area contributed by atoms with Gasteiger partial charge in [-0.1, -0.05) is 12.1 Å². The average Bonchev–Trinajstić information content (AvgIpc) is 3.01. The Kier molecular flexibility index (Phi) is 5.48. The van der Waals surface area contributed by atoms with Gasteiger partial charge in [0.05, 0.1) is 21.8 Å². The molecule has 1 aliphatic rings. The summed E-state index contributed by atoms with van der Waals surface area (Å²) in [5.74, 6) is 0. The molecule has 0 unspecified atom stereocenters. The van der Waals surface area contributed by atoms with Gasteiger partial charge >= 0.3 is 6.09 Å². The summed E-state index contributed by atoms with van der Waals surface area (Å²) in [6.45, 7) is 5.72. The van der Waals surface area contributed by atoms with Crippen molar-refractivity contribution in [3.8, 4) is 0 Å². The molecule has 1 aromatic carbocycles. The molecule has 3 atom stereocenters. The van der Waals surface area contributed by atoms with Crippen LogP contribution in [0.3, 0.4) is 0 Å². The van der Waals surface area contributed by atoms with E-state index >= 15 is 0 Å². The second kappa shape index (κ2) is 7.48. The lowest BCUT2D eigenvalue weighted by Crippen LogP contribution is -2.49. The molecule has 26 heavy (non-hydrogen) atoms. The van der Waals surface area contributed by atoms with Crippen molar-refractivity contribution in [2.75, 3.05) is 6.54 Å². The Labute approximate surface area is 156 Å². The monoisotopic (exact) mass is 380 g/mol. The molecular formula is C19H25FN2O3S. The van der Waals surface area contributed by atoms with Crippen LogP contribution >= 0.6 is 11.3 Å². The predicted molar refractivity (Wildman–Crippen MR) is 100 cm³/mol. The topological polar surface area (TPSA) is 62.7 Å². The minimum absolute atomic E-state index is 0.212. The molecule has 3 rings (SSSR count). The molecular weight excluding hydrogens is 355 g/mol. The Hall–Kier alpha value is -1.73. The van der Waals surface area contributed by atoms with E-state index in [2.05, 4.69) is 4.98 Å². The third-order valence-corrected chi connectivity index (χ3v) is 5.32. The number of likely N-dealkylation sites (tertiary alicyclic amines) is 1. The first kappa shape index (κ1) is 19.0. The molecule has 0 spiro atoms. The van der Waals surface area contributed by atoms with Gasteiger partial charge in [0.1, 0.15) is 11.8 Å². The summed E-state index contributed by atoms with van der Waals surface area (Å²) in [5, 5.41) is 10.8. The summed E-state index contributed by atoms with van der Waals surface area (Å²) < 4.78 is 20.5. The van der Waals surface area contributed by atoms with Crippen LogP contribution in [-0.4, -0.2) is 45.4 Å². The molecule has 1 saturated heterocycles. The van der Waals surface area contributed by atoms with Crippen LogP contribution in [0.5, 0.6) is 0 Å². The number of nitrogens with zero attached hydrogens (tertiary/aromatic N) is 2. The molecule has 5 nitrogen and oxygen atoms in total. The number of piperidine rings is 1. The Morgan fingerprint density at radius 2 is 2.27 bits per heavy atom. The number of hydrogen-bond donors (Lipinski definition) is 1. The van der Waals surface area contributed by atoms with Gasteiger partial charge in [0, 0.05) is 18.2 Å². The summed E-state index contributed by atoms with van der Waals surface area (Å²) >= 11 is 1.51. The van der Waals surface area contributed by atoms with E-state index < -0.39 is 30.0 Å². The number of carbonyl (C=O) groups excluding carboxylic acids is 1. The summed E-state index contributed by atoms with van der Waals surface area (Å²) in [6.07, 6.45) is -1.47. The smallest absolute Gasteiger partial charge is 0.410 e. The van der Waals surface area contributed by atoms with Crippen LogP contribution in [0.25, 0.3) is 10.2 Å². The van der Waals surface area contributed by atoms with Crippen LogP contribution in [0.4, 0.5) is 9.18 Å². The van der Waals surface area contributed by atoms with Crippen LogP contribution in [0.1, 0.15) is 51.7 Å². The maximum absolute atomic E-state index is 14.0. The maximum atomic E-state index is 14.0. The zero-order valence-electron chi connectivity index (χ0n) is 15.3. The molecule has 7 heteroatoms. The molecule has 2 heterocycles. The second-order valence-electron chi connectivity index (χ2n) is 7.75. The number of benzene rings is 1. The van der Waals surface area contributed by atoms with E-state index in [9.17, 15) is 14.3 Å². The molecule has 2 aromatic rings. The first-order valence-electron chi connectivity index (χ1n) is 8.88. The molecule has 1 fully saturated rings. The number of alkyl halides is 1. The zero-order valence-corrected chi connectivity index (χ0v) is 16.1. The van der Waals surface area contributed by atoms with Gasteiger partial charge < -0.3 is 14.7 Å². The van der Waals surface area contributed by atoms with Crippen molar-refractivity contribution >= 4 is 27.6 Å². The molecule has 0 radical (unpaired) electrons. The summed E-state index contributed by atoms with van der Waals surface area (Å²) in [5.41, 5.74) is 2.61. The molecule has 142 valence electrons. The lowest BCUT2D eigenvalue weighted by molar-refractivity contribution is -0.00657. The number of para-hydroxylation sites is 1. The van der Waals surface area contributed by atoms with Crippen LogP contribution in [-0.2, 0) is 4.74 Å². The van der Waals surface area contributed by atoms with Gasteiger partial charge in [-0.3, -0.25) is 0 Å². The Morgan fingerprint density at radius 3 is 3.00 bits per heavy atom. The molecule has 0 aliphatic carbocycles. The van der Waals surface area contributed by atoms with Crippen molar-refractivity contribution in [2.45, 2.75) is 64.0 Å². The van der Waals surface area contributed by atoms with E-state index in [1.54, 1.807) is 31.2 Å². The highest BCUT2D eigenvalue weighted by atomic mass is 32.1. The minimum atomic E-state index is -0.971. The number of fused-ring (bicyclic) bond motifs is 1. The maximum Gasteiger partial charge on any atom is 0.410 e. The predicted octanol–water partition coefficient (Wildman–Crippen LogP) is 4.46. The molecule has 1 aromatic heterocycles. The standard InChI is InChI=1S/C19H25FN2O3S/c1-19(2,3)25-18(24)22-8-7-12(20)9-13(22)10-15(23)14-5-4-6-16-17(14)21-11-26-16/h4-6,11-13,15,23H,7-10H2,1-3H3/t12-,13-,15+/m0/s1. The molecule has 1 aliphatic heterocycles. The number of carbonyl (C=O) groups is 1. The number of thiazole rings is 1. The van der Waals surface area contributed by atoms with Crippen molar-refractivity contribution in [3.05, 3.63) is 29.3 Å². The number of aliphatic hydroxyl groups excluding tert-OH is 1. The first-order valence-corrected chi connectivity index (χ1v) is 9.76.